The average molecular weight is 701 g/mol. The number of amides is 1. The maximum absolute atomic E-state index is 14.0. The van der Waals surface area contributed by atoms with Gasteiger partial charge in [-0.25, -0.2) is 9.79 Å². The van der Waals surface area contributed by atoms with Crippen LogP contribution in [0.15, 0.2) is 61.9 Å². The Labute approximate surface area is 272 Å². The van der Waals surface area contributed by atoms with E-state index in [1.165, 1.54) is 15.9 Å². The van der Waals surface area contributed by atoms with Gasteiger partial charge in [-0.15, -0.1) is 0 Å². The van der Waals surface area contributed by atoms with Crippen molar-refractivity contribution in [1.82, 2.24) is 9.47 Å². The molecule has 0 bridgehead atoms. The number of carbonyl (C=O) groups is 2. The monoisotopic (exact) mass is 699 g/mol. The van der Waals surface area contributed by atoms with E-state index in [1.807, 2.05) is 19.1 Å². The standard InChI is InChI=1S/C32H34BrN3O8S/c1-5-42-25-15-20(7-9-24(25)44-18-27(37)35-11-13-41-14-12-35)16-26-30(38)36-29(21-8-10-23(40-4)22(33)17-21)28(31(39)43-6-2)19(3)34-32(36)45-26/h7-10,15-17,29H,5-6,11-14,18H2,1-4H3/b26-16+/t29-/m1/s1. The number of halogens is 1. The van der Waals surface area contributed by atoms with Crippen molar-refractivity contribution in [2.24, 2.45) is 4.99 Å². The second-order valence-electron chi connectivity index (χ2n) is 10.1. The van der Waals surface area contributed by atoms with Gasteiger partial charge in [0.05, 0.1) is 59.9 Å². The average Bonchev–Trinajstić information content (AvgIpc) is 3.34. The van der Waals surface area contributed by atoms with Crippen molar-refractivity contribution in [3.8, 4) is 17.2 Å². The van der Waals surface area contributed by atoms with Gasteiger partial charge in [-0.3, -0.25) is 14.2 Å². The number of allylic oxidation sites excluding steroid dienone is 1. The zero-order valence-corrected chi connectivity index (χ0v) is 27.9. The van der Waals surface area contributed by atoms with Crippen molar-refractivity contribution in [1.29, 1.82) is 0 Å². The highest BCUT2D eigenvalue weighted by atomic mass is 79.9. The summed E-state index contributed by atoms with van der Waals surface area (Å²) in [5.74, 6) is 0.843. The number of nitrogens with zero attached hydrogens (tertiary/aromatic N) is 3. The summed E-state index contributed by atoms with van der Waals surface area (Å²) in [7, 11) is 1.57. The van der Waals surface area contributed by atoms with Crippen LogP contribution in [0, 0.1) is 0 Å². The fourth-order valence-electron chi connectivity index (χ4n) is 5.16. The van der Waals surface area contributed by atoms with E-state index in [4.69, 9.17) is 23.7 Å². The van der Waals surface area contributed by atoms with Crippen LogP contribution in [0.25, 0.3) is 6.08 Å². The summed E-state index contributed by atoms with van der Waals surface area (Å²) in [6, 6.07) is 9.95. The van der Waals surface area contributed by atoms with Crippen LogP contribution in [-0.4, -0.2) is 74.6 Å². The molecule has 1 aromatic heterocycles. The largest absolute Gasteiger partial charge is 0.496 e. The lowest BCUT2D eigenvalue weighted by atomic mass is 9.96. The van der Waals surface area contributed by atoms with Gasteiger partial charge in [0.2, 0.25) is 0 Å². The van der Waals surface area contributed by atoms with Gasteiger partial charge in [-0.05, 0) is 78.2 Å². The predicted molar refractivity (Wildman–Crippen MR) is 172 cm³/mol. The molecule has 2 aliphatic rings. The van der Waals surface area contributed by atoms with Crippen LogP contribution in [-0.2, 0) is 19.1 Å². The Kier molecular flexibility index (Phi) is 10.4. The normalized spacial score (nSPS) is 16.6. The first-order chi connectivity index (χ1) is 21.7. The van der Waals surface area contributed by atoms with E-state index < -0.39 is 12.0 Å². The van der Waals surface area contributed by atoms with Crippen molar-refractivity contribution in [2.75, 3.05) is 53.2 Å². The Hall–Kier alpha value is -3.94. The molecule has 13 heteroatoms. The van der Waals surface area contributed by atoms with Crippen molar-refractivity contribution in [2.45, 2.75) is 26.8 Å². The Morgan fingerprint density at radius 2 is 1.82 bits per heavy atom. The van der Waals surface area contributed by atoms with Crippen molar-refractivity contribution < 1.29 is 33.3 Å². The summed E-state index contributed by atoms with van der Waals surface area (Å²) >= 11 is 4.75. The fourth-order valence-corrected chi connectivity index (χ4v) is 6.76. The van der Waals surface area contributed by atoms with Gasteiger partial charge < -0.3 is 28.6 Å². The summed E-state index contributed by atoms with van der Waals surface area (Å²) in [5.41, 5.74) is 1.85. The van der Waals surface area contributed by atoms with Gasteiger partial charge in [0.15, 0.2) is 22.9 Å². The number of benzene rings is 2. The topological polar surface area (TPSA) is 118 Å². The molecular formula is C32H34BrN3O8S. The van der Waals surface area contributed by atoms with E-state index >= 15 is 0 Å². The number of carbonyl (C=O) groups excluding carboxylic acids is 2. The number of rotatable bonds is 10. The molecule has 1 amide bonds. The van der Waals surface area contributed by atoms with E-state index in [0.29, 0.717) is 86.4 Å². The number of morpholine rings is 1. The second kappa shape index (κ2) is 14.4. The first-order valence-electron chi connectivity index (χ1n) is 14.5. The van der Waals surface area contributed by atoms with E-state index in [2.05, 4.69) is 20.9 Å². The SMILES string of the molecule is CCOC(=O)C1=C(C)N=c2s/c(=C/c3ccc(OCC(=O)N4CCOCC4)c(OCC)c3)c(=O)n2[C@@H]1c1ccc(OC)c(Br)c1. The third-order valence-electron chi connectivity index (χ3n) is 7.29. The smallest absolute Gasteiger partial charge is 0.338 e. The van der Waals surface area contributed by atoms with Gasteiger partial charge in [0.1, 0.15) is 5.75 Å². The highest BCUT2D eigenvalue weighted by molar-refractivity contribution is 9.10. The maximum Gasteiger partial charge on any atom is 0.338 e. The van der Waals surface area contributed by atoms with Gasteiger partial charge in [-0.2, -0.15) is 0 Å². The molecular weight excluding hydrogens is 666 g/mol. The molecule has 1 saturated heterocycles. The zero-order chi connectivity index (χ0) is 32.1. The molecule has 0 radical (unpaired) electrons. The molecule has 5 rings (SSSR count). The lowest BCUT2D eigenvalue weighted by Gasteiger charge is -2.26. The number of methoxy groups -OCH3 is 1. The lowest BCUT2D eigenvalue weighted by molar-refractivity contribution is -0.139. The number of hydrogen-bond acceptors (Lipinski definition) is 10. The van der Waals surface area contributed by atoms with Crippen molar-refractivity contribution >= 4 is 45.2 Å². The molecule has 3 aromatic rings. The quantitative estimate of drug-likeness (QED) is 0.296. The van der Waals surface area contributed by atoms with Crippen molar-refractivity contribution in [3.63, 3.8) is 0 Å². The number of hydrogen-bond donors (Lipinski definition) is 0. The minimum Gasteiger partial charge on any atom is -0.496 e. The van der Waals surface area contributed by atoms with E-state index in [-0.39, 0.29) is 24.7 Å². The van der Waals surface area contributed by atoms with Gasteiger partial charge in [0.25, 0.3) is 11.5 Å². The number of aromatic nitrogens is 1. The Bertz CT molecular complexity index is 1810. The molecule has 238 valence electrons. The molecule has 11 nitrogen and oxygen atoms in total. The highest BCUT2D eigenvalue weighted by Gasteiger charge is 2.33. The second-order valence-corrected chi connectivity index (χ2v) is 12.0. The first-order valence-corrected chi connectivity index (χ1v) is 16.1. The van der Waals surface area contributed by atoms with E-state index in [9.17, 15) is 14.4 Å². The van der Waals surface area contributed by atoms with Crippen LogP contribution in [0.5, 0.6) is 17.2 Å². The van der Waals surface area contributed by atoms with E-state index in [0.717, 1.165) is 0 Å². The number of fused-ring (bicyclic) bond motifs is 1. The van der Waals surface area contributed by atoms with Gasteiger partial charge in [-0.1, -0.05) is 23.5 Å². The molecule has 2 aliphatic heterocycles. The van der Waals surface area contributed by atoms with E-state index in [1.54, 1.807) is 56.2 Å². The number of ether oxygens (including phenoxy) is 5. The van der Waals surface area contributed by atoms with Crippen LogP contribution in [0.4, 0.5) is 0 Å². The van der Waals surface area contributed by atoms with Gasteiger partial charge >= 0.3 is 5.97 Å². The van der Waals surface area contributed by atoms with Crippen LogP contribution in [0.2, 0.25) is 0 Å². The predicted octanol–water partition coefficient (Wildman–Crippen LogP) is 3.21. The molecule has 45 heavy (non-hydrogen) atoms. The minimum absolute atomic E-state index is 0.123. The first kappa shape index (κ1) is 32.5. The Morgan fingerprint density at radius 1 is 1.07 bits per heavy atom. The van der Waals surface area contributed by atoms with Crippen LogP contribution in [0.1, 0.15) is 37.9 Å². The molecule has 1 atom stereocenters. The lowest BCUT2D eigenvalue weighted by Crippen LogP contribution is -2.43. The Morgan fingerprint density at radius 3 is 2.51 bits per heavy atom. The molecule has 2 aromatic carbocycles. The summed E-state index contributed by atoms with van der Waals surface area (Å²) < 4.78 is 30.4. The highest BCUT2D eigenvalue weighted by Crippen LogP contribution is 2.35. The molecule has 0 N–H and O–H groups in total. The Balaban J connectivity index is 1.52. The molecule has 1 fully saturated rings. The van der Waals surface area contributed by atoms with Crippen LogP contribution >= 0.6 is 27.3 Å². The molecule has 0 aliphatic carbocycles. The summed E-state index contributed by atoms with van der Waals surface area (Å²) in [6.07, 6.45) is 1.75. The summed E-state index contributed by atoms with van der Waals surface area (Å²) in [6.45, 7) is 7.87. The van der Waals surface area contributed by atoms with Crippen LogP contribution < -0.4 is 29.1 Å². The third kappa shape index (κ3) is 7.00. The molecule has 0 saturated carbocycles. The number of esters is 1. The van der Waals surface area contributed by atoms with Crippen LogP contribution in [0.3, 0.4) is 0 Å². The third-order valence-corrected chi connectivity index (χ3v) is 8.89. The van der Waals surface area contributed by atoms with Gasteiger partial charge in [0, 0.05) is 13.1 Å². The summed E-state index contributed by atoms with van der Waals surface area (Å²) in [5, 5.41) is 0. The number of thiazole rings is 1. The molecule has 0 unspecified atom stereocenters. The maximum atomic E-state index is 14.0. The van der Waals surface area contributed by atoms with Crippen molar-refractivity contribution in [3.05, 3.63) is 83.0 Å². The molecule has 0 spiro atoms. The molecule has 3 heterocycles. The summed E-state index contributed by atoms with van der Waals surface area (Å²) in [4.78, 5) is 46.6. The minimum atomic E-state index is -0.761. The zero-order valence-electron chi connectivity index (χ0n) is 25.5. The fraction of sp³-hybridized carbons (Fsp3) is 0.375.